The van der Waals surface area contributed by atoms with Crippen LogP contribution in [0.2, 0.25) is 0 Å². The van der Waals surface area contributed by atoms with Crippen molar-refractivity contribution in [3.05, 3.63) is 11.6 Å². The summed E-state index contributed by atoms with van der Waals surface area (Å²) in [6.07, 6.45) is 5.73. The third kappa shape index (κ3) is 7.55. The van der Waals surface area contributed by atoms with E-state index in [0.29, 0.717) is 25.0 Å². The second kappa shape index (κ2) is 13.4. The van der Waals surface area contributed by atoms with Crippen molar-refractivity contribution >= 4 is 23.7 Å². The lowest BCUT2D eigenvalue weighted by atomic mass is 9.95. The van der Waals surface area contributed by atoms with Crippen molar-refractivity contribution in [2.45, 2.75) is 111 Å². The lowest BCUT2D eigenvalue weighted by molar-refractivity contribution is -0.146. The Morgan fingerprint density at radius 1 is 0.919 bits per heavy atom. The average molecular weight is 521 g/mol. The van der Waals surface area contributed by atoms with Crippen molar-refractivity contribution in [1.82, 2.24) is 20.0 Å². The van der Waals surface area contributed by atoms with Crippen LogP contribution in [0.4, 0.5) is 0 Å². The average Bonchev–Trinajstić information content (AvgIpc) is 3.34. The first-order chi connectivity index (χ1) is 17.3. The molecule has 0 radical (unpaired) electrons. The SMILES string of the molecule is C/C(=C\[C@H](C(C)C)N(C)C(=O)[C@@H](NC(=O)[C@H]1CCCCN1C(C)C)C(C)C)C(=O)N1CCC[C@H]1C(=O)O. The first-order valence-electron chi connectivity index (χ1n) is 13.8. The van der Waals surface area contributed by atoms with Crippen molar-refractivity contribution in [3.63, 3.8) is 0 Å². The van der Waals surface area contributed by atoms with Crippen LogP contribution < -0.4 is 5.32 Å². The molecule has 2 aliphatic heterocycles. The monoisotopic (exact) mass is 520 g/mol. The summed E-state index contributed by atoms with van der Waals surface area (Å²) in [7, 11) is 1.71. The summed E-state index contributed by atoms with van der Waals surface area (Å²) in [5.41, 5.74) is 0.423. The molecule has 0 unspecified atom stereocenters. The molecule has 2 fully saturated rings. The summed E-state index contributed by atoms with van der Waals surface area (Å²) in [5, 5.41) is 12.5. The number of nitrogens with zero attached hydrogens (tertiary/aromatic N) is 3. The summed E-state index contributed by atoms with van der Waals surface area (Å²) < 4.78 is 0. The lowest BCUT2D eigenvalue weighted by Gasteiger charge is -2.39. The maximum absolute atomic E-state index is 13.7. The molecule has 0 aliphatic carbocycles. The Hall–Kier alpha value is -2.42. The Balaban J connectivity index is 2.21. The van der Waals surface area contributed by atoms with Crippen molar-refractivity contribution in [2.75, 3.05) is 20.1 Å². The number of hydrogen-bond acceptors (Lipinski definition) is 5. The highest BCUT2D eigenvalue weighted by molar-refractivity contribution is 5.96. The first kappa shape index (κ1) is 30.8. The molecular weight excluding hydrogens is 472 g/mol. The summed E-state index contributed by atoms with van der Waals surface area (Å²) in [4.78, 5) is 56.9. The Morgan fingerprint density at radius 2 is 1.54 bits per heavy atom. The summed E-state index contributed by atoms with van der Waals surface area (Å²) >= 11 is 0. The minimum absolute atomic E-state index is 0.00356. The van der Waals surface area contributed by atoms with Crippen LogP contribution in [-0.2, 0) is 19.2 Å². The van der Waals surface area contributed by atoms with Gasteiger partial charge in [0.15, 0.2) is 0 Å². The van der Waals surface area contributed by atoms with Gasteiger partial charge in [-0.15, -0.1) is 0 Å². The molecule has 0 aromatic heterocycles. The van der Waals surface area contributed by atoms with Crippen LogP contribution in [0.5, 0.6) is 0 Å². The molecule has 9 heteroatoms. The van der Waals surface area contributed by atoms with E-state index in [1.54, 1.807) is 24.9 Å². The second-order valence-electron chi connectivity index (χ2n) is 11.6. The molecule has 2 heterocycles. The fourth-order valence-corrected chi connectivity index (χ4v) is 5.55. The van der Waals surface area contributed by atoms with E-state index in [1.165, 1.54) is 4.90 Å². The van der Waals surface area contributed by atoms with Gasteiger partial charge in [0, 0.05) is 25.2 Å². The number of carbonyl (C=O) groups is 4. The highest BCUT2D eigenvalue weighted by Crippen LogP contribution is 2.23. The molecule has 0 aromatic rings. The number of nitrogens with one attached hydrogen (secondary N) is 1. The Bertz CT molecular complexity index is 869. The van der Waals surface area contributed by atoms with E-state index < -0.39 is 18.1 Å². The molecule has 3 amide bonds. The van der Waals surface area contributed by atoms with E-state index in [1.807, 2.05) is 27.7 Å². The number of carboxylic acids is 1. The fraction of sp³-hybridized carbons (Fsp3) is 0.786. The van der Waals surface area contributed by atoms with Crippen LogP contribution in [0.15, 0.2) is 11.6 Å². The maximum Gasteiger partial charge on any atom is 0.326 e. The zero-order chi connectivity index (χ0) is 28.0. The van der Waals surface area contributed by atoms with E-state index in [4.69, 9.17) is 0 Å². The number of carboxylic acid groups (broad SMARTS) is 1. The zero-order valence-electron chi connectivity index (χ0n) is 24.0. The first-order valence-corrected chi connectivity index (χ1v) is 13.8. The van der Waals surface area contributed by atoms with Crippen molar-refractivity contribution in [1.29, 1.82) is 0 Å². The predicted octanol–water partition coefficient (Wildman–Crippen LogP) is 2.90. The van der Waals surface area contributed by atoms with Gasteiger partial charge in [0.25, 0.3) is 0 Å². The summed E-state index contributed by atoms with van der Waals surface area (Å²) in [6, 6.07) is -1.87. The molecule has 0 bridgehead atoms. The van der Waals surface area contributed by atoms with Crippen molar-refractivity contribution < 1.29 is 24.3 Å². The molecule has 2 saturated heterocycles. The third-order valence-electron chi connectivity index (χ3n) is 7.78. The van der Waals surface area contributed by atoms with Gasteiger partial charge in [-0.05, 0) is 64.8 Å². The largest absolute Gasteiger partial charge is 0.480 e. The molecule has 9 nitrogen and oxygen atoms in total. The zero-order valence-corrected chi connectivity index (χ0v) is 24.0. The Morgan fingerprint density at radius 3 is 2.08 bits per heavy atom. The van der Waals surface area contributed by atoms with E-state index in [0.717, 1.165) is 25.8 Å². The number of piperidine rings is 1. The molecule has 0 spiro atoms. The number of hydrogen-bond donors (Lipinski definition) is 2. The number of aliphatic carboxylic acids is 1. The predicted molar refractivity (Wildman–Crippen MR) is 144 cm³/mol. The molecular formula is C28H48N4O5. The van der Waals surface area contributed by atoms with E-state index in [9.17, 15) is 24.3 Å². The van der Waals surface area contributed by atoms with Crippen LogP contribution in [0.1, 0.15) is 80.6 Å². The van der Waals surface area contributed by atoms with Gasteiger partial charge in [0.1, 0.15) is 12.1 Å². The van der Waals surface area contributed by atoms with Gasteiger partial charge in [0.2, 0.25) is 17.7 Å². The number of rotatable bonds is 10. The smallest absolute Gasteiger partial charge is 0.326 e. The Kier molecular flexibility index (Phi) is 11.2. The van der Waals surface area contributed by atoms with Gasteiger partial charge in [-0.3, -0.25) is 19.3 Å². The van der Waals surface area contributed by atoms with E-state index in [2.05, 4.69) is 24.1 Å². The standard InChI is InChI=1S/C28H48N4O5/c1-17(2)23(16-20(7)26(34)32-15-11-13-22(32)28(36)37)30(8)27(35)24(18(3)4)29-25(33)21-12-9-10-14-31(21)19(5)6/h16-19,21-24H,9-15H2,1-8H3,(H,29,33)(H,36,37)/b20-16+/t21-,22+,23-,24+/m1/s1. The van der Waals surface area contributed by atoms with Crippen molar-refractivity contribution in [3.8, 4) is 0 Å². The highest BCUT2D eigenvalue weighted by atomic mass is 16.4. The summed E-state index contributed by atoms with van der Waals surface area (Å²) in [5.74, 6) is -1.72. The molecule has 37 heavy (non-hydrogen) atoms. The van der Waals surface area contributed by atoms with Gasteiger partial charge in [-0.1, -0.05) is 40.2 Å². The quantitative estimate of drug-likeness (QED) is 0.429. The molecule has 0 aromatic carbocycles. The molecule has 210 valence electrons. The molecule has 4 atom stereocenters. The number of likely N-dealkylation sites (tertiary alicyclic amines) is 2. The van der Waals surface area contributed by atoms with Gasteiger partial charge in [-0.25, -0.2) is 4.79 Å². The third-order valence-corrected chi connectivity index (χ3v) is 7.78. The van der Waals surface area contributed by atoms with Crippen LogP contribution in [-0.4, -0.2) is 93.8 Å². The minimum Gasteiger partial charge on any atom is -0.480 e. The van der Waals surface area contributed by atoms with E-state index in [-0.39, 0.29) is 47.7 Å². The van der Waals surface area contributed by atoms with E-state index >= 15 is 0 Å². The van der Waals surface area contributed by atoms with Gasteiger partial charge in [-0.2, -0.15) is 0 Å². The van der Waals surface area contributed by atoms with Crippen molar-refractivity contribution in [2.24, 2.45) is 11.8 Å². The van der Waals surface area contributed by atoms with Gasteiger partial charge in [0.05, 0.1) is 12.1 Å². The number of carbonyl (C=O) groups excluding carboxylic acids is 3. The molecule has 2 aliphatic rings. The molecule has 2 rings (SSSR count). The molecule has 0 saturated carbocycles. The fourth-order valence-electron chi connectivity index (χ4n) is 5.55. The second-order valence-corrected chi connectivity index (χ2v) is 11.6. The minimum atomic E-state index is -0.990. The van der Waals surface area contributed by atoms with Crippen LogP contribution in [0.25, 0.3) is 0 Å². The number of likely N-dealkylation sites (N-methyl/N-ethyl adjacent to an activating group) is 1. The van der Waals surface area contributed by atoms with Crippen LogP contribution in [0.3, 0.4) is 0 Å². The van der Waals surface area contributed by atoms with Gasteiger partial charge >= 0.3 is 5.97 Å². The lowest BCUT2D eigenvalue weighted by Crippen LogP contribution is -2.58. The van der Waals surface area contributed by atoms with Gasteiger partial charge < -0.3 is 20.2 Å². The normalized spacial score (nSPS) is 22.9. The summed E-state index contributed by atoms with van der Waals surface area (Å²) in [6.45, 7) is 15.0. The van der Waals surface area contributed by atoms with Crippen LogP contribution in [0, 0.1) is 11.8 Å². The number of amides is 3. The Labute approximate surface area is 222 Å². The van der Waals surface area contributed by atoms with Crippen LogP contribution >= 0.6 is 0 Å². The highest BCUT2D eigenvalue weighted by Gasteiger charge is 2.37. The molecule has 2 N–H and O–H groups in total. The topological polar surface area (TPSA) is 110 Å². The maximum atomic E-state index is 13.7.